The first-order valence-electron chi connectivity index (χ1n) is 10.7. The van der Waals surface area contributed by atoms with Gasteiger partial charge in [0.05, 0.1) is 0 Å². The van der Waals surface area contributed by atoms with E-state index in [-0.39, 0.29) is 29.6 Å². The minimum absolute atomic E-state index is 0.103. The Morgan fingerprint density at radius 1 is 1.21 bits per heavy atom. The number of benzene rings is 1. The van der Waals surface area contributed by atoms with Gasteiger partial charge in [0, 0.05) is 38.2 Å². The van der Waals surface area contributed by atoms with Crippen molar-refractivity contribution in [3.8, 4) is 0 Å². The van der Waals surface area contributed by atoms with Crippen molar-refractivity contribution in [1.82, 2.24) is 15.1 Å². The van der Waals surface area contributed by atoms with E-state index in [9.17, 15) is 14.4 Å². The minimum Gasteiger partial charge on any atom is -0.330 e. The highest BCUT2D eigenvalue weighted by Crippen LogP contribution is 2.46. The average molecular weight is 396 g/mol. The van der Waals surface area contributed by atoms with Crippen LogP contribution in [0.25, 0.3) is 0 Å². The number of fused-ring (bicyclic) bond motifs is 3. The van der Waals surface area contributed by atoms with E-state index in [1.807, 2.05) is 12.1 Å². The number of nitrogens with one attached hydrogen (secondary N) is 1. The van der Waals surface area contributed by atoms with Gasteiger partial charge in [0.15, 0.2) is 0 Å². The Morgan fingerprint density at radius 3 is 2.86 bits per heavy atom. The summed E-state index contributed by atoms with van der Waals surface area (Å²) in [6.45, 7) is 4.12. The zero-order valence-corrected chi connectivity index (χ0v) is 16.7. The molecule has 1 saturated carbocycles. The van der Waals surface area contributed by atoms with Gasteiger partial charge in [-0.1, -0.05) is 12.1 Å². The van der Waals surface area contributed by atoms with E-state index in [0.717, 1.165) is 37.7 Å². The third-order valence-electron chi connectivity index (χ3n) is 7.39. The highest BCUT2D eigenvalue weighted by molar-refractivity contribution is 6.05. The molecule has 2 bridgehead atoms. The molecule has 3 heterocycles. The Balaban J connectivity index is 1.36. The van der Waals surface area contributed by atoms with Crippen molar-refractivity contribution in [1.29, 1.82) is 0 Å². The van der Waals surface area contributed by atoms with Crippen molar-refractivity contribution >= 4 is 17.7 Å². The summed E-state index contributed by atoms with van der Waals surface area (Å²) in [7, 11) is 0. The minimum atomic E-state index is -0.563. The topological polar surface area (TPSA) is 95.7 Å². The maximum Gasteiger partial charge on any atom is 0.255 e. The van der Waals surface area contributed by atoms with Gasteiger partial charge in [-0.25, -0.2) is 0 Å². The highest BCUT2D eigenvalue weighted by Gasteiger charge is 2.44. The molecule has 0 radical (unpaired) electrons. The van der Waals surface area contributed by atoms with Crippen LogP contribution < -0.4 is 11.1 Å². The van der Waals surface area contributed by atoms with E-state index < -0.39 is 6.04 Å². The fourth-order valence-electron chi connectivity index (χ4n) is 5.94. The van der Waals surface area contributed by atoms with Crippen molar-refractivity contribution in [3.63, 3.8) is 0 Å². The van der Waals surface area contributed by atoms with E-state index in [1.54, 1.807) is 4.90 Å². The smallest absolute Gasteiger partial charge is 0.255 e. The van der Waals surface area contributed by atoms with Crippen LogP contribution in [0.15, 0.2) is 18.2 Å². The van der Waals surface area contributed by atoms with Gasteiger partial charge in [0.1, 0.15) is 6.04 Å². The molecule has 3 N–H and O–H groups in total. The van der Waals surface area contributed by atoms with E-state index in [2.05, 4.69) is 16.3 Å². The molecule has 1 aliphatic carbocycles. The van der Waals surface area contributed by atoms with Crippen molar-refractivity contribution in [3.05, 3.63) is 34.9 Å². The summed E-state index contributed by atoms with van der Waals surface area (Å²) < 4.78 is 0. The van der Waals surface area contributed by atoms with Gasteiger partial charge in [-0.05, 0) is 60.8 Å². The molecule has 5 rings (SSSR count). The molecule has 4 aliphatic rings. The van der Waals surface area contributed by atoms with Gasteiger partial charge in [-0.2, -0.15) is 0 Å². The lowest BCUT2D eigenvalue weighted by Gasteiger charge is -2.40. The molecule has 154 valence electrons. The lowest BCUT2D eigenvalue weighted by molar-refractivity contribution is -0.136. The first-order valence-corrected chi connectivity index (χ1v) is 10.7. The quantitative estimate of drug-likeness (QED) is 0.741. The van der Waals surface area contributed by atoms with Crippen molar-refractivity contribution in [2.45, 2.75) is 51.2 Å². The van der Waals surface area contributed by atoms with Crippen molar-refractivity contribution in [2.24, 2.45) is 17.1 Å². The number of hydrogen-bond acceptors (Lipinski definition) is 5. The SMILES string of the molecule is NCC12CCC(CN(Cc3cccc4c3CN(C3CCC(=O)NC3=O)C4=O)C1)C2. The third-order valence-corrected chi connectivity index (χ3v) is 7.39. The largest absolute Gasteiger partial charge is 0.330 e. The number of likely N-dealkylation sites (tertiary alicyclic amines) is 1. The molecule has 3 fully saturated rings. The Labute approximate surface area is 170 Å². The van der Waals surface area contributed by atoms with Crippen LogP contribution >= 0.6 is 0 Å². The molecular formula is C22H28N4O3. The number of nitrogens with two attached hydrogens (primary N) is 1. The fraction of sp³-hybridized carbons (Fsp3) is 0.591. The summed E-state index contributed by atoms with van der Waals surface area (Å²) in [6.07, 6.45) is 4.41. The zero-order valence-electron chi connectivity index (χ0n) is 16.7. The molecule has 3 unspecified atom stereocenters. The molecular weight excluding hydrogens is 368 g/mol. The molecule has 0 aromatic heterocycles. The number of imide groups is 1. The van der Waals surface area contributed by atoms with Crippen molar-refractivity contribution in [2.75, 3.05) is 19.6 Å². The number of piperidine rings is 2. The van der Waals surface area contributed by atoms with Crippen molar-refractivity contribution < 1.29 is 14.4 Å². The Kier molecular flexibility index (Phi) is 4.47. The van der Waals surface area contributed by atoms with Crippen LogP contribution in [0.1, 0.15) is 53.6 Å². The average Bonchev–Trinajstić information content (AvgIpc) is 3.20. The second kappa shape index (κ2) is 6.92. The fourth-order valence-corrected chi connectivity index (χ4v) is 5.94. The normalized spacial score (nSPS) is 31.9. The number of hydrogen-bond donors (Lipinski definition) is 2. The van der Waals surface area contributed by atoms with Crippen LogP contribution in [-0.2, 0) is 22.7 Å². The maximum atomic E-state index is 13.0. The zero-order chi connectivity index (χ0) is 20.2. The maximum absolute atomic E-state index is 13.0. The lowest BCUT2D eigenvalue weighted by Crippen LogP contribution is -2.52. The Morgan fingerprint density at radius 2 is 2.07 bits per heavy atom. The van der Waals surface area contributed by atoms with Gasteiger partial charge in [0.25, 0.3) is 5.91 Å². The molecule has 3 atom stereocenters. The third kappa shape index (κ3) is 3.16. The lowest BCUT2D eigenvalue weighted by atomic mass is 9.82. The first-order chi connectivity index (χ1) is 14.0. The summed E-state index contributed by atoms with van der Waals surface area (Å²) in [4.78, 5) is 40.9. The molecule has 3 aliphatic heterocycles. The molecule has 1 aromatic carbocycles. The number of amides is 3. The molecule has 29 heavy (non-hydrogen) atoms. The van der Waals surface area contributed by atoms with Gasteiger partial charge in [-0.15, -0.1) is 0 Å². The second-order valence-corrected chi connectivity index (χ2v) is 9.33. The Bertz CT molecular complexity index is 885. The summed E-state index contributed by atoms with van der Waals surface area (Å²) in [5.41, 5.74) is 9.27. The number of carbonyl (C=O) groups is 3. The highest BCUT2D eigenvalue weighted by atomic mass is 16.2. The van der Waals surface area contributed by atoms with E-state index in [1.165, 1.54) is 24.8 Å². The van der Waals surface area contributed by atoms with Gasteiger partial charge < -0.3 is 10.6 Å². The standard InChI is InChI=1S/C22H28N4O3/c23-12-22-7-6-14(8-22)9-25(13-22)10-15-2-1-3-16-17(15)11-26(21(16)29)18-4-5-19(27)24-20(18)28/h1-3,14,18H,4-13,23H2,(H,24,27,28). The van der Waals surface area contributed by atoms with Gasteiger partial charge in [0.2, 0.25) is 11.8 Å². The number of rotatable bonds is 4. The molecule has 1 aromatic rings. The molecule has 2 saturated heterocycles. The summed E-state index contributed by atoms with van der Waals surface area (Å²) >= 11 is 0. The molecule has 3 amide bonds. The monoisotopic (exact) mass is 396 g/mol. The van der Waals surface area contributed by atoms with Crippen LogP contribution in [0.5, 0.6) is 0 Å². The van der Waals surface area contributed by atoms with Gasteiger partial charge >= 0.3 is 0 Å². The predicted octanol–water partition coefficient (Wildman–Crippen LogP) is 1.01. The summed E-state index contributed by atoms with van der Waals surface area (Å²) in [5, 5.41) is 2.37. The summed E-state index contributed by atoms with van der Waals surface area (Å²) in [5.74, 6) is 0.00487. The predicted molar refractivity (Wildman–Crippen MR) is 107 cm³/mol. The van der Waals surface area contributed by atoms with Gasteiger partial charge in [-0.3, -0.25) is 24.6 Å². The Hall–Kier alpha value is -2.25. The van der Waals surface area contributed by atoms with E-state index >= 15 is 0 Å². The van der Waals surface area contributed by atoms with Crippen LogP contribution in [0.4, 0.5) is 0 Å². The second-order valence-electron chi connectivity index (χ2n) is 9.33. The van der Waals surface area contributed by atoms with Crippen LogP contribution in [0.3, 0.4) is 0 Å². The first kappa shape index (κ1) is 18.8. The van der Waals surface area contributed by atoms with Crippen LogP contribution in [0, 0.1) is 11.3 Å². The molecule has 7 heteroatoms. The van der Waals surface area contributed by atoms with Crippen LogP contribution in [-0.4, -0.2) is 53.2 Å². The number of nitrogens with zero attached hydrogens (tertiary/aromatic N) is 2. The van der Waals surface area contributed by atoms with Crippen LogP contribution in [0.2, 0.25) is 0 Å². The van der Waals surface area contributed by atoms with E-state index in [0.29, 0.717) is 18.5 Å². The molecule has 0 spiro atoms. The van der Waals surface area contributed by atoms with E-state index in [4.69, 9.17) is 5.73 Å². The summed E-state index contributed by atoms with van der Waals surface area (Å²) in [6, 6.07) is 5.34. The number of carbonyl (C=O) groups excluding carboxylic acids is 3. The molecule has 7 nitrogen and oxygen atoms in total.